The molecule has 2 heterocycles. The molecule has 2 N–H and O–H groups in total. The van der Waals surface area contributed by atoms with Gasteiger partial charge in [-0.25, -0.2) is 4.98 Å². The highest BCUT2D eigenvalue weighted by molar-refractivity contribution is 6.01. The monoisotopic (exact) mass is 328 g/mol. The van der Waals surface area contributed by atoms with Gasteiger partial charge in [-0.15, -0.1) is 0 Å². The molecule has 0 fully saturated rings. The van der Waals surface area contributed by atoms with Crippen molar-refractivity contribution in [3.05, 3.63) is 40.4 Å². The molecule has 0 radical (unpaired) electrons. The molecule has 24 heavy (non-hydrogen) atoms. The van der Waals surface area contributed by atoms with E-state index in [1.54, 1.807) is 11.0 Å². The first-order valence-electron chi connectivity index (χ1n) is 7.94. The first-order chi connectivity index (χ1) is 11.6. The average Bonchev–Trinajstić information content (AvgIpc) is 2.92. The third-order valence-electron chi connectivity index (χ3n) is 3.69. The van der Waals surface area contributed by atoms with Gasteiger partial charge < -0.3 is 14.7 Å². The lowest BCUT2D eigenvalue weighted by molar-refractivity contribution is -0.122. The molecule has 0 aliphatic carbocycles. The van der Waals surface area contributed by atoms with E-state index >= 15 is 0 Å². The normalized spacial score (nSPS) is 11.5. The number of fused-ring (bicyclic) bond motifs is 3. The van der Waals surface area contributed by atoms with Gasteiger partial charge >= 0.3 is 0 Å². The van der Waals surface area contributed by atoms with Gasteiger partial charge in [-0.05, 0) is 25.6 Å². The number of carbonyl (C=O) groups is 1. The quantitative estimate of drug-likeness (QED) is 0.717. The molecular weight excluding hydrogens is 308 g/mol. The Balaban J connectivity index is 1.83. The summed E-state index contributed by atoms with van der Waals surface area (Å²) in [5.41, 5.74) is 1.10. The van der Waals surface area contributed by atoms with Crippen molar-refractivity contribution in [3.8, 4) is 0 Å². The van der Waals surface area contributed by atoms with E-state index in [0.717, 1.165) is 11.8 Å². The Morgan fingerprint density at radius 3 is 2.96 bits per heavy atom. The molecule has 0 atom stereocenters. The van der Waals surface area contributed by atoms with Crippen LogP contribution in [0.1, 0.15) is 19.2 Å². The number of hydrogen-bond donors (Lipinski definition) is 2. The fourth-order valence-electron chi connectivity index (χ4n) is 2.60. The summed E-state index contributed by atoms with van der Waals surface area (Å²) in [6, 6.07) is 7.41. The Bertz CT molecular complexity index is 928. The maximum Gasteiger partial charge on any atom is 0.294 e. The van der Waals surface area contributed by atoms with E-state index in [0.29, 0.717) is 30.0 Å². The van der Waals surface area contributed by atoms with Crippen LogP contribution in [0.15, 0.2) is 33.5 Å². The van der Waals surface area contributed by atoms with Crippen LogP contribution in [-0.4, -0.2) is 40.9 Å². The largest absolute Gasteiger partial charge is 0.449 e. The lowest BCUT2D eigenvalue weighted by Crippen LogP contribution is -2.35. The number of furan rings is 1. The summed E-state index contributed by atoms with van der Waals surface area (Å²) in [5.74, 6) is 0.460. The van der Waals surface area contributed by atoms with Crippen LogP contribution in [0.25, 0.3) is 22.1 Å². The van der Waals surface area contributed by atoms with Crippen molar-refractivity contribution in [1.82, 2.24) is 20.2 Å². The molecule has 0 saturated carbocycles. The average molecular weight is 328 g/mol. The van der Waals surface area contributed by atoms with Gasteiger partial charge in [0.15, 0.2) is 0 Å². The summed E-state index contributed by atoms with van der Waals surface area (Å²) in [5, 5.41) is 3.63. The molecule has 0 aliphatic heterocycles. The Hall–Kier alpha value is -2.67. The zero-order valence-corrected chi connectivity index (χ0v) is 13.8. The lowest BCUT2D eigenvalue weighted by atomic mass is 10.2. The number of nitrogens with zero attached hydrogens (tertiary/aromatic N) is 2. The van der Waals surface area contributed by atoms with Crippen LogP contribution >= 0.6 is 0 Å². The van der Waals surface area contributed by atoms with Gasteiger partial charge in [0.2, 0.25) is 11.5 Å². The SMILES string of the molecule is CCCNC(=O)CN(C)Cc1nc2c(oc3ccccc32)c(=O)[nH]1. The van der Waals surface area contributed by atoms with E-state index in [1.807, 2.05) is 32.2 Å². The molecule has 7 nitrogen and oxygen atoms in total. The molecule has 0 saturated heterocycles. The topological polar surface area (TPSA) is 91.2 Å². The zero-order chi connectivity index (χ0) is 17.1. The van der Waals surface area contributed by atoms with Gasteiger partial charge in [0.1, 0.15) is 16.9 Å². The van der Waals surface area contributed by atoms with Gasteiger partial charge in [-0.1, -0.05) is 19.1 Å². The summed E-state index contributed by atoms with van der Waals surface area (Å²) in [4.78, 5) is 33.0. The highest BCUT2D eigenvalue weighted by atomic mass is 16.3. The minimum Gasteiger partial charge on any atom is -0.449 e. The number of hydrogen-bond acceptors (Lipinski definition) is 5. The predicted octanol–water partition coefficient (Wildman–Crippen LogP) is 1.63. The molecule has 1 aromatic carbocycles. The van der Waals surface area contributed by atoms with Crippen LogP contribution in [0.4, 0.5) is 0 Å². The second-order valence-corrected chi connectivity index (χ2v) is 5.81. The number of aromatic amines is 1. The molecular formula is C17H20N4O3. The van der Waals surface area contributed by atoms with Crippen LogP contribution < -0.4 is 10.9 Å². The number of amides is 1. The van der Waals surface area contributed by atoms with E-state index in [4.69, 9.17) is 4.42 Å². The molecule has 3 rings (SSSR count). The van der Waals surface area contributed by atoms with Crippen LogP contribution in [0.5, 0.6) is 0 Å². The maximum atomic E-state index is 12.2. The Morgan fingerprint density at radius 1 is 1.38 bits per heavy atom. The molecule has 0 aliphatic rings. The molecule has 2 aromatic heterocycles. The highest BCUT2D eigenvalue weighted by Gasteiger charge is 2.14. The first kappa shape index (κ1) is 16.2. The number of rotatable bonds is 6. The van der Waals surface area contributed by atoms with Gasteiger partial charge in [-0.3, -0.25) is 14.5 Å². The number of carbonyl (C=O) groups excluding carboxylic acids is 1. The second-order valence-electron chi connectivity index (χ2n) is 5.81. The zero-order valence-electron chi connectivity index (χ0n) is 13.8. The van der Waals surface area contributed by atoms with Gasteiger partial charge in [-0.2, -0.15) is 0 Å². The molecule has 1 amide bonds. The number of nitrogens with one attached hydrogen (secondary N) is 2. The minimum absolute atomic E-state index is 0.0449. The van der Waals surface area contributed by atoms with E-state index < -0.39 is 0 Å². The van der Waals surface area contributed by atoms with Crippen LogP contribution in [0.3, 0.4) is 0 Å². The molecule has 0 bridgehead atoms. The van der Waals surface area contributed by atoms with Crippen molar-refractivity contribution in [3.63, 3.8) is 0 Å². The summed E-state index contributed by atoms with van der Waals surface area (Å²) in [6.45, 7) is 3.27. The minimum atomic E-state index is -0.310. The molecule has 0 spiro atoms. The Kier molecular flexibility index (Phi) is 4.61. The fourth-order valence-corrected chi connectivity index (χ4v) is 2.60. The maximum absolute atomic E-state index is 12.2. The summed E-state index contributed by atoms with van der Waals surface area (Å²) in [6.07, 6.45) is 0.897. The highest BCUT2D eigenvalue weighted by Crippen LogP contribution is 2.24. The molecule has 3 aromatic rings. The smallest absolute Gasteiger partial charge is 0.294 e. The van der Waals surface area contributed by atoms with Crippen molar-refractivity contribution in [1.29, 1.82) is 0 Å². The van der Waals surface area contributed by atoms with E-state index in [9.17, 15) is 9.59 Å². The summed E-state index contributed by atoms with van der Waals surface area (Å²) < 4.78 is 5.57. The number of H-pyrrole nitrogens is 1. The van der Waals surface area contributed by atoms with Crippen molar-refractivity contribution < 1.29 is 9.21 Å². The lowest BCUT2D eigenvalue weighted by Gasteiger charge is -2.15. The van der Waals surface area contributed by atoms with Crippen LogP contribution in [0.2, 0.25) is 0 Å². The van der Waals surface area contributed by atoms with Crippen molar-refractivity contribution >= 4 is 28.0 Å². The summed E-state index contributed by atoms with van der Waals surface area (Å²) >= 11 is 0. The van der Waals surface area contributed by atoms with E-state index in [2.05, 4.69) is 15.3 Å². The van der Waals surface area contributed by atoms with E-state index in [1.165, 1.54) is 0 Å². The third kappa shape index (κ3) is 3.30. The molecule has 126 valence electrons. The predicted molar refractivity (Wildman–Crippen MR) is 91.8 cm³/mol. The molecule has 7 heteroatoms. The Morgan fingerprint density at radius 2 is 2.17 bits per heavy atom. The van der Waals surface area contributed by atoms with Crippen LogP contribution in [-0.2, 0) is 11.3 Å². The van der Waals surface area contributed by atoms with Crippen molar-refractivity contribution in [2.75, 3.05) is 20.1 Å². The van der Waals surface area contributed by atoms with Crippen molar-refractivity contribution in [2.45, 2.75) is 19.9 Å². The third-order valence-corrected chi connectivity index (χ3v) is 3.69. The number of likely N-dealkylation sites (N-methyl/N-ethyl adjacent to an activating group) is 1. The van der Waals surface area contributed by atoms with Gasteiger partial charge in [0.05, 0.1) is 13.1 Å². The second kappa shape index (κ2) is 6.84. The van der Waals surface area contributed by atoms with Gasteiger partial charge in [0, 0.05) is 11.9 Å². The Labute approximate surface area is 138 Å². The standard InChI is InChI=1S/C17H20N4O3/c1-3-8-18-14(22)10-21(2)9-13-19-15-11-6-4-5-7-12(11)24-16(15)17(23)20-13/h4-7H,3,8-10H2,1-2H3,(H,18,22)(H,19,20,23). The number of benzene rings is 1. The van der Waals surface area contributed by atoms with Crippen LogP contribution in [0, 0.1) is 0 Å². The van der Waals surface area contributed by atoms with Crippen molar-refractivity contribution in [2.24, 2.45) is 0 Å². The number of para-hydroxylation sites is 1. The first-order valence-corrected chi connectivity index (χ1v) is 7.94. The fraction of sp³-hybridized carbons (Fsp3) is 0.353. The molecule has 0 unspecified atom stereocenters. The van der Waals surface area contributed by atoms with E-state index in [-0.39, 0.29) is 23.6 Å². The van der Waals surface area contributed by atoms with Gasteiger partial charge in [0.25, 0.3) is 5.56 Å². The number of aromatic nitrogens is 2. The summed E-state index contributed by atoms with van der Waals surface area (Å²) in [7, 11) is 1.81.